The van der Waals surface area contributed by atoms with Crippen molar-refractivity contribution in [2.45, 2.75) is 11.3 Å². The minimum Gasteiger partial charge on any atom is -0.224 e. The fraction of sp³-hybridized carbons (Fsp3) is 0.111. The maximum absolute atomic E-state index is 14.2. The van der Waals surface area contributed by atoms with Crippen molar-refractivity contribution in [1.82, 2.24) is 0 Å². The Morgan fingerprint density at radius 3 is 2.00 bits per heavy atom. The zero-order chi connectivity index (χ0) is 18.4. The summed E-state index contributed by atoms with van der Waals surface area (Å²) in [4.78, 5) is -0.894. The molecule has 25 heavy (non-hydrogen) atoms. The molecule has 0 saturated carbocycles. The van der Waals surface area contributed by atoms with Crippen LogP contribution < -0.4 is 0 Å². The van der Waals surface area contributed by atoms with Gasteiger partial charge in [-0.15, -0.1) is 0 Å². The molecule has 0 heterocycles. The monoisotopic (exact) mass is 488 g/mol. The SMILES string of the molecule is CS(=O)(=O)c1c(F)cc(C2=C(c3cc(Br)cc(Br)c3)C=CC2)cc1F. The number of halogens is 4. The van der Waals surface area contributed by atoms with Gasteiger partial charge in [0.1, 0.15) is 16.5 Å². The van der Waals surface area contributed by atoms with Crippen molar-refractivity contribution in [3.05, 3.63) is 74.2 Å². The number of hydrogen-bond acceptors (Lipinski definition) is 2. The van der Waals surface area contributed by atoms with E-state index >= 15 is 0 Å². The minimum atomic E-state index is -3.98. The van der Waals surface area contributed by atoms with Crippen molar-refractivity contribution in [2.75, 3.05) is 6.26 Å². The molecule has 0 aliphatic heterocycles. The topological polar surface area (TPSA) is 34.1 Å². The fourth-order valence-corrected chi connectivity index (χ4v) is 4.97. The van der Waals surface area contributed by atoms with Crippen molar-refractivity contribution in [2.24, 2.45) is 0 Å². The van der Waals surface area contributed by atoms with Crippen LogP contribution in [0, 0.1) is 11.6 Å². The fourth-order valence-electron chi connectivity index (χ4n) is 2.85. The van der Waals surface area contributed by atoms with Gasteiger partial charge in [-0.25, -0.2) is 17.2 Å². The van der Waals surface area contributed by atoms with E-state index < -0.39 is 26.4 Å². The van der Waals surface area contributed by atoms with Crippen LogP contribution in [0.3, 0.4) is 0 Å². The van der Waals surface area contributed by atoms with Crippen LogP contribution in [0.25, 0.3) is 11.1 Å². The summed E-state index contributed by atoms with van der Waals surface area (Å²) in [6.45, 7) is 0. The Kier molecular flexibility index (Phi) is 5.01. The summed E-state index contributed by atoms with van der Waals surface area (Å²) in [5, 5.41) is 0. The Bertz CT molecular complexity index is 998. The molecule has 2 aromatic rings. The minimum absolute atomic E-state index is 0.332. The van der Waals surface area contributed by atoms with E-state index in [4.69, 9.17) is 0 Å². The van der Waals surface area contributed by atoms with Gasteiger partial charge in [0.05, 0.1) is 0 Å². The first-order chi connectivity index (χ1) is 11.7. The molecular weight excluding hydrogens is 478 g/mol. The Morgan fingerprint density at radius 1 is 0.920 bits per heavy atom. The molecule has 0 atom stereocenters. The molecule has 0 spiro atoms. The summed E-state index contributed by atoms with van der Waals surface area (Å²) in [6.07, 6.45) is 5.09. The average molecular weight is 490 g/mol. The van der Waals surface area contributed by atoms with Gasteiger partial charge in [-0.05, 0) is 59.0 Å². The van der Waals surface area contributed by atoms with Crippen LogP contribution in [0.5, 0.6) is 0 Å². The number of hydrogen-bond donors (Lipinski definition) is 0. The van der Waals surface area contributed by atoms with E-state index in [9.17, 15) is 17.2 Å². The molecule has 2 aromatic carbocycles. The largest absolute Gasteiger partial charge is 0.224 e. The lowest BCUT2D eigenvalue weighted by Gasteiger charge is -2.11. The number of sulfone groups is 1. The lowest BCUT2D eigenvalue weighted by molar-refractivity contribution is 0.520. The van der Waals surface area contributed by atoms with Gasteiger partial charge in [0.15, 0.2) is 9.84 Å². The van der Waals surface area contributed by atoms with Gasteiger partial charge in [0, 0.05) is 15.2 Å². The second-order valence-electron chi connectivity index (χ2n) is 5.70. The molecule has 0 amide bonds. The molecule has 0 fully saturated rings. The standard InChI is InChI=1S/C18H12Br2F2O2S/c1-25(23,24)18-16(21)7-11(8-17(18)22)15-4-2-3-14(15)10-5-12(19)9-13(20)6-10/h2-3,5-9H,4H2,1H3. The summed E-state index contributed by atoms with van der Waals surface area (Å²) in [7, 11) is -3.98. The number of benzene rings is 2. The van der Waals surface area contributed by atoms with Gasteiger partial charge >= 0.3 is 0 Å². The lowest BCUT2D eigenvalue weighted by Crippen LogP contribution is -2.05. The molecule has 0 saturated heterocycles. The molecule has 7 heteroatoms. The number of rotatable bonds is 3. The van der Waals surface area contributed by atoms with E-state index in [0.29, 0.717) is 12.0 Å². The van der Waals surface area contributed by atoms with Crippen molar-refractivity contribution in [1.29, 1.82) is 0 Å². The van der Waals surface area contributed by atoms with E-state index in [1.54, 1.807) is 0 Å². The molecular formula is C18H12Br2F2O2S. The first-order valence-electron chi connectivity index (χ1n) is 7.22. The zero-order valence-corrected chi connectivity index (χ0v) is 17.0. The van der Waals surface area contributed by atoms with E-state index in [1.807, 2.05) is 30.4 Å². The molecule has 0 bridgehead atoms. The molecule has 3 rings (SSSR count). The predicted octanol–water partition coefficient (Wildman–Crippen LogP) is 5.76. The van der Waals surface area contributed by atoms with Crippen molar-refractivity contribution in [3.63, 3.8) is 0 Å². The lowest BCUT2D eigenvalue weighted by atomic mass is 9.96. The van der Waals surface area contributed by atoms with Gasteiger partial charge < -0.3 is 0 Å². The smallest absolute Gasteiger partial charge is 0.181 e. The first kappa shape index (κ1) is 18.5. The molecule has 0 N–H and O–H groups in total. The second kappa shape index (κ2) is 6.78. The summed E-state index contributed by atoms with van der Waals surface area (Å²) >= 11 is 6.85. The Hall–Kier alpha value is -1.31. The molecule has 0 radical (unpaired) electrons. The van der Waals surface area contributed by atoms with Crippen molar-refractivity contribution in [3.8, 4) is 0 Å². The first-order valence-corrected chi connectivity index (χ1v) is 10.7. The van der Waals surface area contributed by atoms with Crippen LogP contribution in [0.15, 0.2) is 56.3 Å². The average Bonchev–Trinajstić information content (AvgIpc) is 2.93. The van der Waals surface area contributed by atoms with Gasteiger partial charge in [-0.2, -0.15) is 0 Å². The van der Waals surface area contributed by atoms with Crippen molar-refractivity contribution >= 4 is 52.8 Å². The highest BCUT2D eigenvalue weighted by molar-refractivity contribution is 9.11. The van der Waals surface area contributed by atoms with Gasteiger partial charge in [-0.1, -0.05) is 44.0 Å². The van der Waals surface area contributed by atoms with E-state index in [2.05, 4.69) is 31.9 Å². The summed E-state index contributed by atoms with van der Waals surface area (Å²) in [5.41, 5.74) is 2.80. The van der Waals surface area contributed by atoms with Crippen LogP contribution in [-0.2, 0) is 9.84 Å². The predicted molar refractivity (Wildman–Crippen MR) is 102 cm³/mol. The number of allylic oxidation sites excluding steroid dienone is 4. The molecule has 0 aromatic heterocycles. The van der Waals surface area contributed by atoms with E-state index in [0.717, 1.165) is 44.0 Å². The highest BCUT2D eigenvalue weighted by Crippen LogP contribution is 2.38. The van der Waals surface area contributed by atoms with Crippen LogP contribution in [0.2, 0.25) is 0 Å². The highest BCUT2D eigenvalue weighted by atomic mass is 79.9. The summed E-state index contributed by atoms with van der Waals surface area (Å²) in [5.74, 6) is -2.15. The van der Waals surface area contributed by atoms with Crippen LogP contribution >= 0.6 is 31.9 Å². The third-order valence-electron chi connectivity index (χ3n) is 3.82. The zero-order valence-electron chi connectivity index (χ0n) is 13.0. The maximum Gasteiger partial charge on any atom is 0.181 e. The maximum atomic E-state index is 14.2. The third kappa shape index (κ3) is 3.78. The quantitative estimate of drug-likeness (QED) is 0.548. The Balaban J connectivity index is 2.18. The second-order valence-corrected chi connectivity index (χ2v) is 9.48. The van der Waals surface area contributed by atoms with Gasteiger partial charge in [0.25, 0.3) is 0 Å². The Labute approximate surface area is 161 Å². The van der Waals surface area contributed by atoms with Gasteiger partial charge in [-0.3, -0.25) is 0 Å². The normalized spacial score (nSPS) is 14.4. The van der Waals surface area contributed by atoms with Crippen LogP contribution in [0.4, 0.5) is 8.78 Å². The van der Waals surface area contributed by atoms with Crippen LogP contribution in [0.1, 0.15) is 17.5 Å². The van der Waals surface area contributed by atoms with E-state index in [1.165, 1.54) is 0 Å². The molecule has 1 aliphatic rings. The third-order valence-corrected chi connectivity index (χ3v) is 5.87. The highest BCUT2D eigenvalue weighted by Gasteiger charge is 2.23. The van der Waals surface area contributed by atoms with E-state index in [-0.39, 0.29) is 0 Å². The Morgan fingerprint density at radius 2 is 1.48 bits per heavy atom. The van der Waals surface area contributed by atoms with Crippen molar-refractivity contribution < 1.29 is 17.2 Å². The molecule has 130 valence electrons. The van der Waals surface area contributed by atoms with Crippen LogP contribution in [-0.4, -0.2) is 14.7 Å². The molecule has 1 aliphatic carbocycles. The van der Waals surface area contributed by atoms with Gasteiger partial charge in [0.2, 0.25) is 0 Å². The summed E-state index contributed by atoms with van der Waals surface area (Å²) in [6, 6.07) is 7.87. The summed E-state index contributed by atoms with van der Waals surface area (Å²) < 4.78 is 53.3. The molecule has 0 unspecified atom stereocenters. The molecule has 2 nitrogen and oxygen atoms in total.